The van der Waals surface area contributed by atoms with Crippen molar-refractivity contribution in [2.75, 3.05) is 26.6 Å². The Labute approximate surface area is 163 Å². The van der Waals surface area contributed by atoms with Crippen molar-refractivity contribution < 1.29 is 19.0 Å². The fourth-order valence-electron chi connectivity index (χ4n) is 3.02. The zero-order chi connectivity index (χ0) is 19.8. The lowest BCUT2D eigenvalue weighted by molar-refractivity contribution is 0.102. The maximum Gasteiger partial charge on any atom is 0.257 e. The number of anilines is 1. The third kappa shape index (κ3) is 3.58. The normalized spacial score (nSPS) is 13.3. The Morgan fingerprint density at radius 3 is 2.26 bits per heavy atom. The number of thioether (sulfide) groups is 1. The molecule has 0 aliphatic carbocycles. The SMILES string of the molecule is COc1cc(C(=O)Nc2c3c(nn2C(C)(C)C)CSC3)cc(OC)c1OC. The van der Waals surface area contributed by atoms with Gasteiger partial charge >= 0.3 is 0 Å². The first-order valence-corrected chi connectivity index (χ1v) is 9.76. The van der Waals surface area contributed by atoms with Crippen LogP contribution in [0.3, 0.4) is 0 Å². The Balaban J connectivity index is 2.00. The molecule has 1 N–H and O–H groups in total. The van der Waals surface area contributed by atoms with E-state index >= 15 is 0 Å². The summed E-state index contributed by atoms with van der Waals surface area (Å²) in [5.74, 6) is 3.54. The van der Waals surface area contributed by atoms with Gasteiger partial charge in [-0.25, -0.2) is 4.68 Å². The summed E-state index contributed by atoms with van der Waals surface area (Å²) in [5.41, 5.74) is 2.31. The van der Waals surface area contributed by atoms with Crippen LogP contribution in [0.2, 0.25) is 0 Å². The fourth-order valence-corrected chi connectivity index (χ4v) is 4.05. The number of nitrogens with one attached hydrogen (secondary N) is 1. The highest BCUT2D eigenvalue weighted by Crippen LogP contribution is 2.40. The molecule has 27 heavy (non-hydrogen) atoms. The minimum Gasteiger partial charge on any atom is -0.493 e. The molecule has 2 aromatic rings. The summed E-state index contributed by atoms with van der Waals surface area (Å²) >= 11 is 1.80. The Kier molecular flexibility index (Phi) is 5.28. The number of hydrogen-bond donors (Lipinski definition) is 1. The van der Waals surface area contributed by atoms with Crippen molar-refractivity contribution in [1.82, 2.24) is 9.78 Å². The molecule has 0 saturated carbocycles. The molecule has 8 heteroatoms. The molecule has 0 radical (unpaired) electrons. The molecule has 0 atom stereocenters. The predicted octanol–water partition coefficient (Wildman–Crippen LogP) is 3.66. The molecule has 1 aliphatic rings. The summed E-state index contributed by atoms with van der Waals surface area (Å²) in [6.45, 7) is 6.20. The average molecular weight is 391 g/mol. The lowest BCUT2D eigenvalue weighted by Crippen LogP contribution is -2.27. The molecule has 1 aliphatic heterocycles. The lowest BCUT2D eigenvalue weighted by Gasteiger charge is -2.23. The van der Waals surface area contributed by atoms with Crippen molar-refractivity contribution in [3.63, 3.8) is 0 Å². The number of methoxy groups -OCH3 is 3. The Morgan fingerprint density at radius 1 is 1.11 bits per heavy atom. The van der Waals surface area contributed by atoms with Crippen molar-refractivity contribution in [1.29, 1.82) is 0 Å². The van der Waals surface area contributed by atoms with Crippen LogP contribution >= 0.6 is 11.8 Å². The second-order valence-corrected chi connectivity index (χ2v) is 8.20. The maximum absolute atomic E-state index is 13.0. The minimum atomic E-state index is -0.251. The van der Waals surface area contributed by atoms with Crippen LogP contribution in [0.4, 0.5) is 5.82 Å². The number of fused-ring (bicyclic) bond motifs is 1. The molecule has 3 rings (SSSR count). The quantitative estimate of drug-likeness (QED) is 0.838. The van der Waals surface area contributed by atoms with Crippen LogP contribution < -0.4 is 19.5 Å². The number of aromatic nitrogens is 2. The highest BCUT2D eigenvalue weighted by Gasteiger charge is 2.29. The Morgan fingerprint density at radius 2 is 1.74 bits per heavy atom. The van der Waals surface area contributed by atoms with Gasteiger partial charge in [0.1, 0.15) is 5.82 Å². The second-order valence-electron chi connectivity index (χ2n) is 7.22. The summed E-state index contributed by atoms with van der Waals surface area (Å²) < 4.78 is 17.9. The van der Waals surface area contributed by atoms with E-state index in [4.69, 9.17) is 19.3 Å². The molecule has 0 unspecified atom stereocenters. The van der Waals surface area contributed by atoms with Gasteiger partial charge in [0, 0.05) is 22.6 Å². The number of ether oxygens (including phenoxy) is 3. The first-order valence-electron chi connectivity index (χ1n) is 8.60. The van der Waals surface area contributed by atoms with Crippen molar-refractivity contribution in [2.45, 2.75) is 37.8 Å². The summed E-state index contributed by atoms with van der Waals surface area (Å²) in [6.07, 6.45) is 0. The summed E-state index contributed by atoms with van der Waals surface area (Å²) in [7, 11) is 4.58. The summed E-state index contributed by atoms with van der Waals surface area (Å²) in [6, 6.07) is 3.28. The van der Waals surface area contributed by atoms with Gasteiger partial charge in [0.25, 0.3) is 5.91 Å². The second kappa shape index (κ2) is 7.34. The number of benzene rings is 1. The van der Waals surface area contributed by atoms with Crippen molar-refractivity contribution in [2.24, 2.45) is 0 Å². The van der Waals surface area contributed by atoms with E-state index < -0.39 is 0 Å². The standard InChI is InChI=1S/C19H25N3O4S/c1-19(2,3)22-17(12-9-27-10-13(12)21-22)20-18(23)11-7-14(24-4)16(26-6)15(8-11)25-5/h7-8H,9-10H2,1-6H3,(H,20,23). The maximum atomic E-state index is 13.0. The van der Waals surface area contributed by atoms with Crippen molar-refractivity contribution >= 4 is 23.5 Å². The highest BCUT2D eigenvalue weighted by molar-refractivity contribution is 7.98. The van der Waals surface area contributed by atoms with E-state index in [1.165, 1.54) is 21.3 Å². The first-order chi connectivity index (χ1) is 12.8. The minimum absolute atomic E-state index is 0.243. The van der Waals surface area contributed by atoms with E-state index in [9.17, 15) is 4.79 Å². The molecule has 7 nitrogen and oxygen atoms in total. The van der Waals surface area contributed by atoms with Gasteiger partial charge in [-0.2, -0.15) is 16.9 Å². The molecule has 0 bridgehead atoms. The number of amides is 1. The van der Waals surface area contributed by atoms with Gasteiger partial charge in [-0.05, 0) is 32.9 Å². The van der Waals surface area contributed by atoms with Crippen LogP contribution in [0, 0.1) is 0 Å². The van der Waals surface area contributed by atoms with Gasteiger partial charge in [-0.1, -0.05) is 0 Å². The molecule has 146 valence electrons. The van der Waals surface area contributed by atoms with E-state index in [1.54, 1.807) is 23.9 Å². The molecule has 1 amide bonds. The van der Waals surface area contributed by atoms with Gasteiger partial charge in [0.2, 0.25) is 5.75 Å². The van der Waals surface area contributed by atoms with E-state index in [0.717, 1.165) is 28.6 Å². The zero-order valence-corrected chi connectivity index (χ0v) is 17.3. The Bertz CT molecular complexity index is 846. The van der Waals surface area contributed by atoms with E-state index in [-0.39, 0.29) is 11.4 Å². The van der Waals surface area contributed by atoms with Crippen LogP contribution in [0.5, 0.6) is 17.2 Å². The topological polar surface area (TPSA) is 74.6 Å². The number of rotatable bonds is 5. The molecular weight excluding hydrogens is 366 g/mol. The van der Waals surface area contributed by atoms with Gasteiger partial charge in [-0.3, -0.25) is 4.79 Å². The molecule has 0 spiro atoms. The molecule has 0 saturated heterocycles. The lowest BCUT2D eigenvalue weighted by atomic mass is 10.1. The van der Waals surface area contributed by atoms with Crippen LogP contribution in [0.1, 0.15) is 42.4 Å². The first kappa shape index (κ1) is 19.4. The fraction of sp³-hybridized carbons (Fsp3) is 0.474. The van der Waals surface area contributed by atoms with Crippen LogP contribution in [0.25, 0.3) is 0 Å². The monoisotopic (exact) mass is 391 g/mol. The number of hydrogen-bond acceptors (Lipinski definition) is 6. The van der Waals surface area contributed by atoms with Crippen molar-refractivity contribution in [3.8, 4) is 17.2 Å². The molecule has 1 aromatic heterocycles. The van der Waals surface area contributed by atoms with Crippen molar-refractivity contribution in [3.05, 3.63) is 29.0 Å². The zero-order valence-electron chi connectivity index (χ0n) is 16.5. The molecule has 2 heterocycles. The van der Waals surface area contributed by atoms with E-state index in [1.807, 2.05) is 4.68 Å². The highest BCUT2D eigenvalue weighted by atomic mass is 32.2. The average Bonchev–Trinajstić information content (AvgIpc) is 3.22. The Hall–Kier alpha value is -2.35. The van der Waals surface area contributed by atoms with Crippen LogP contribution in [-0.2, 0) is 17.0 Å². The number of carbonyl (C=O) groups excluding carboxylic acids is 1. The largest absolute Gasteiger partial charge is 0.493 e. The molecule has 0 fully saturated rings. The van der Waals surface area contributed by atoms with Crippen LogP contribution in [-0.4, -0.2) is 37.0 Å². The van der Waals surface area contributed by atoms with Gasteiger partial charge in [-0.15, -0.1) is 0 Å². The van der Waals surface area contributed by atoms with Gasteiger partial charge < -0.3 is 19.5 Å². The van der Waals surface area contributed by atoms with Crippen LogP contribution in [0.15, 0.2) is 12.1 Å². The number of nitrogens with zero attached hydrogens (tertiary/aromatic N) is 2. The smallest absolute Gasteiger partial charge is 0.257 e. The summed E-state index contributed by atoms with van der Waals surface area (Å²) in [4.78, 5) is 13.0. The number of carbonyl (C=O) groups is 1. The van der Waals surface area contributed by atoms with E-state index in [0.29, 0.717) is 22.8 Å². The third-order valence-electron chi connectivity index (χ3n) is 4.35. The molecular formula is C19H25N3O4S. The summed E-state index contributed by atoms with van der Waals surface area (Å²) in [5, 5.41) is 7.77. The van der Waals surface area contributed by atoms with E-state index in [2.05, 4.69) is 26.1 Å². The van der Waals surface area contributed by atoms with Gasteiger partial charge in [0.15, 0.2) is 11.5 Å². The third-order valence-corrected chi connectivity index (χ3v) is 5.32. The predicted molar refractivity (Wildman–Crippen MR) is 106 cm³/mol. The molecule has 1 aromatic carbocycles. The van der Waals surface area contributed by atoms with Gasteiger partial charge in [0.05, 0.1) is 32.6 Å².